The highest BCUT2D eigenvalue weighted by Crippen LogP contribution is 2.27. The molecular formula is C14H28N2O2S2. The van der Waals surface area contributed by atoms with Gasteiger partial charge in [0.15, 0.2) is 0 Å². The van der Waals surface area contributed by atoms with Gasteiger partial charge in [-0.05, 0) is 44.4 Å². The van der Waals surface area contributed by atoms with Crippen LogP contribution < -0.4 is 5.32 Å². The van der Waals surface area contributed by atoms with Crippen molar-refractivity contribution in [3.8, 4) is 0 Å². The number of nitrogens with zero attached hydrogens (tertiary/aromatic N) is 1. The number of nitrogens with one attached hydrogen (secondary N) is 1. The molecule has 2 aliphatic rings. The number of hydrogen-bond donors (Lipinski definition) is 1. The topological polar surface area (TPSA) is 49.4 Å². The average molecular weight is 321 g/mol. The van der Waals surface area contributed by atoms with Crippen molar-refractivity contribution in [2.45, 2.75) is 49.8 Å². The first-order valence-corrected chi connectivity index (χ1v) is 10.9. The Kier molecular flexibility index (Phi) is 6.20. The first-order valence-electron chi connectivity index (χ1n) is 7.72. The van der Waals surface area contributed by atoms with Crippen molar-refractivity contribution in [3.63, 3.8) is 0 Å². The highest BCUT2D eigenvalue weighted by Gasteiger charge is 2.28. The standard InChI is InChI=1S/C14H28N2O2S2/c1-19-14-8-4-3-7-13(14)15-10-12-6-5-9-16(11-12)20(2,17)18/h12-15H,3-11H2,1-2H3. The normalized spacial score (nSPS) is 33.2. The van der Waals surface area contributed by atoms with Crippen LogP contribution in [0.3, 0.4) is 0 Å². The van der Waals surface area contributed by atoms with Crippen molar-refractivity contribution in [1.29, 1.82) is 0 Å². The summed E-state index contributed by atoms with van der Waals surface area (Å²) in [6.45, 7) is 2.36. The predicted molar refractivity (Wildman–Crippen MR) is 86.7 cm³/mol. The predicted octanol–water partition coefficient (Wildman–Crippen LogP) is 1.92. The summed E-state index contributed by atoms with van der Waals surface area (Å²) in [5.74, 6) is 0.475. The molecule has 1 heterocycles. The molecule has 0 aromatic carbocycles. The Labute approximate surface area is 128 Å². The Morgan fingerprint density at radius 1 is 1.20 bits per heavy atom. The fourth-order valence-corrected chi connectivity index (χ4v) is 5.33. The molecule has 2 rings (SSSR count). The fourth-order valence-electron chi connectivity index (χ4n) is 3.43. The molecule has 3 unspecified atom stereocenters. The largest absolute Gasteiger partial charge is 0.313 e. The molecule has 0 amide bonds. The zero-order valence-corrected chi connectivity index (χ0v) is 14.3. The lowest BCUT2D eigenvalue weighted by atomic mass is 9.93. The number of rotatable bonds is 5. The van der Waals surface area contributed by atoms with Crippen molar-refractivity contribution in [2.75, 3.05) is 32.1 Å². The van der Waals surface area contributed by atoms with E-state index < -0.39 is 10.0 Å². The van der Waals surface area contributed by atoms with Crippen LogP contribution in [0.2, 0.25) is 0 Å². The van der Waals surface area contributed by atoms with Gasteiger partial charge in [-0.1, -0.05) is 12.8 Å². The fraction of sp³-hybridized carbons (Fsp3) is 1.00. The van der Waals surface area contributed by atoms with Gasteiger partial charge in [-0.25, -0.2) is 12.7 Å². The Bertz CT molecular complexity index is 400. The molecular weight excluding hydrogens is 292 g/mol. The quantitative estimate of drug-likeness (QED) is 0.841. The van der Waals surface area contributed by atoms with E-state index in [2.05, 4.69) is 11.6 Å². The second-order valence-electron chi connectivity index (χ2n) is 6.20. The second kappa shape index (κ2) is 7.47. The maximum Gasteiger partial charge on any atom is 0.211 e. The number of piperidine rings is 1. The molecule has 20 heavy (non-hydrogen) atoms. The van der Waals surface area contributed by atoms with E-state index in [-0.39, 0.29) is 0 Å². The molecule has 0 radical (unpaired) electrons. The lowest BCUT2D eigenvalue weighted by Crippen LogP contribution is -2.47. The average Bonchev–Trinajstić information content (AvgIpc) is 2.45. The molecule has 118 valence electrons. The van der Waals surface area contributed by atoms with Crippen LogP contribution in [0.5, 0.6) is 0 Å². The van der Waals surface area contributed by atoms with Crippen molar-refractivity contribution in [3.05, 3.63) is 0 Å². The van der Waals surface area contributed by atoms with Gasteiger partial charge in [0, 0.05) is 24.4 Å². The van der Waals surface area contributed by atoms with Gasteiger partial charge < -0.3 is 5.32 Å². The Morgan fingerprint density at radius 3 is 2.65 bits per heavy atom. The second-order valence-corrected chi connectivity index (χ2v) is 9.26. The molecule has 0 aromatic heterocycles. The first kappa shape index (κ1) is 16.6. The monoisotopic (exact) mass is 320 g/mol. The van der Waals surface area contributed by atoms with Gasteiger partial charge in [0.05, 0.1) is 6.26 Å². The summed E-state index contributed by atoms with van der Waals surface area (Å²) >= 11 is 1.98. The number of sulfonamides is 1. The van der Waals surface area contributed by atoms with E-state index in [4.69, 9.17) is 0 Å². The van der Waals surface area contributed by atoms with Crippen LogP contribution in [-0.2, 0) is 10.0 Å². The molecule has 1 saturated carbocycles. The summed E-state index contributed by atoms with van der Waals surface area (Å²) in [5, 5.41) is 4.46. The van der Waals surface area contributed by atoms with Crippen LogP contribution in [0.25, 0.3) is 0 Å². The molecule has 4 nitrogen and oxygen atoms in total. The van der Waals surface area contributed by atoms with Gasteiger partial charge in [-0.15, -0.1) is 0 Å². The van der Waals surface area contributed by atoms with Crippen molar-refractivity contribution < 1.29 is 8.42 Å². The SMILES string of the molecule is CSC1CCCCC1NCC1CCCN(S(C)(=O)=O)C1. The van der Waals surface area contributed by atoms with Gasteiger partial charge in [0.2, 0.25) is 10.0 Å². The minimum Gasteiger partial charge on any atom is -0.313 e. The summed E-state index contributed by atoms with van der Waals surface area (Å²) in [7, 11) is -3.02. The number of hydrogen-bond acceptors (Lipinski definition) is 4. The first-order chi connectivity index (χ1) is 9.50. The van der Waals surface area contributed by atoms with Crippen LogP contribution in [0.15, 0.2) is 0 Å². The molecule has 0 bridgehead atoms. The van der Waals surface area contributed by atoms with Crippen LogP contribution in [-0.4, -0.2) is 56.2 Å². The minimum absolute atomic E-state index is 0.475. The maximum absolute atomic E-state index is 11.6. The van der Waals surface area contributed by atoms with Gasteiger partial charge >= 0.3 is 0 Å². The molecule has 1 N–H and O–H groups in total. The van der Waals surface area contributed by atoms with Crippen molar-refractivity contribution in [2.24, 2.45) is 5.92 Å². The summed E-state index contributed by atoms with van der Waals surface area (Å²) in [5.41, 5.74) is 0. The van der Waals surface area contributed by atoms with E-state index in [0.29, 0.717) is 25.0 Å². The van der Waals surface area contributed by atoms with Crippen LogP contribution in [0.1, 0.15) is 38.5 Å². The molecule has 0 aromatic rings. The smallest absolute Gasteiger partial charge is 0.211 e. The third kappa shape index (κ3) is 4.61. The third-order valence-corrected chi connectivity index (χ3v) is 7.06. The highest BCUT2D eigenvalue weighted by molar-refractivity contribution is 7.99. The van der Waals surface area contributed by atoms with Gasteiger partial charge in [0.1, 0.15) is 0 Å². The summed E-state index contributed by atoms with van der Waals surface area (Å²) < 4.78 is 24.9. The van der Waals surface area contributed by atoms with Gasteiger partial charge in [0.25, 0.3) is 0 Å². The summed E-state index contributed by atoms with van der Waals surface area (Å²) in [4.78, 5) is 0. The lowest BCUT2D eigenvalue weighted by molar-refractivity contribution is 0.248. The zero-order chi connectivity index (χ0) is 14.6. The lowest BCUT2D eigenvalue weighted by Gasteiger charge is -2.35. The van der Waals surface area contributed by atoms with Gasteiger partial charge in [-0.3, -0.25) is 0 Å². The number of thioether (sulfide) groups is 1. The van der Waals surface area contributed by atoms with Crippen LogP contribution >= 0.6 is 11.8 Å². The van der Waals surface area contributed by atoms with Crippen LogP contribution in [0.4, 0.5) is 0 Å². The molecule has 3 atom stereocenters. The molecule has 1 aliphatic heterocycles. The van der Waals surface area contributed by atoms with E-state index in [1.807, 2.05) is 11.8 Å². The van der Waals surface area contributed by atoms with E-state index >= 15 is 0 Å². The van der Waals surface area contributed by atoms with Crippen molar-refractivity contribution >= 4 is 21.8 Å². The van der Waals surface area contributed by atoms with E-state index in [0.717, 1.165) is 24.6 Å². The third-order valence-electron chi connectivity index (χ3n) is 4.62. The summed E-state index contributed by atoms with van der Waals surface area (Å²) in [6, 6.07) is 0.618. The van der Waals surface area contributed by atoms with Gasteiger partial charge in [-0.2, -0.15) is 11.8 Å². The van der Waals surface area contributed by atoms with Crippen LogP contribution in [0, 0.1) is 5.92 Å². The maximum atomic E-state index is 11.6. The molecule has 1 saturated heterocycles. The molecule has 1 aliphatic carbocycles. The van der Waals surface area contributed by atoms with E-state index in [1.54, 1.807) is 4.31 Å². The Balaban J connectivity index is 1.81. The van der Waals surface area contributed by atoms with E-state index in [9.17, 15) is 8.42 Å². The molecule has 2 fully saturated rings. The van der Waals surface area contributed by atoms with Crippen molar-refractivity contribution in [1.82, 2.24) is 9.62 Å². The summed E-state index contributed by atoms with van der Waals surface area (Å²) in [6.07, 6.45) is 11.0. The minimum atomic E-state index is -3.02. The zero-order valence-electron chi connectivity index (χ0n) is 12.7. The molecule has 0 spiro atoms. The van der Waals surface area contributed by atoms with E-state index in [1.165, 1.54) is 31.9 Å². The Hall–Kier alpha value is 0.220. The highest BCUT2D eigenvalue weighted by atomic mass is 32.2. The Morgan fingerprint density at radius 2 is 1.95 bits per heavy atom. The molecule has 6 heteroatoms.